The van der Waals surface area contributed by atoms with Crippen molar-refractivity contribution in [1.29, 1.82) is 0 Å². The first-order valence-electron chi connectivity index (χ1n) is 7.75. The molecule has 3 N–H and O–H groups in total. The van der Waals surface area contributed by atoms with Crippen LogP contribution in [0.25, 0.3) is 0 Å². The molecule has 0 radical (unpaired) electrons. The van der Waals surface area contributed by atoms with Crippen LogP contribution >= 0.6 is 0 Å². The highest BCUT2D eigenvalue weighted by Crippen LogP contribution is 2.21. The van der Waals surface area contributed by atoms with E-state index in [2.05, 4.69) is 20.8 Å². The zero-order valence-corrected chi connectivity index (χ0v) is 13.6. The molecule has 2 heterocycles. The second-order valence-electron chi connectivity index (χ2n) is 5.73. The van der Waals surface area contributed by atoms with Gasteiger partial charge < -0.3 is 20.2 Å². The van der Waals surface area contributed by atoms with Gasteiger partial charge in [-0.3, -0.25) is 4.79 Å². The number of anilines is 2. The van der Waals surface area contributed by atoms with Gasteiger partial charge in [0.2, 0.25) is 0 Å². The summed E-state index contributed by atoms with van der Waals surface area (Å²) in [6, 6.07) is 15.7. The molecule has 1 atom stereocenters. The van der Waals surface area contributed by atoms with E-state index >= 15 is 0 Å². The molecule has 1 aromatic carbocycles. The SMILES string of the molecule is CC(O)(CNc1ccc(C(=O)Nc2ccccc2)nn1)c1ccco1. The third kappa shape index (κ3) is 4.21. The molecule has 7 nitrogen and oxygen atoms in total. The van der Waals surface area contributed by atoms with Crippen LogP contribution in [0.15, 0.2) is 65.3 Å². The lowest BCUT2D eigenvalue weighted by Crippen LogP contribution is -2.30. The van der Waals surface area contributed by atoms with Crippen molar-refractivity contribution in [3.63, 3.8) is 0 Å². The van der Waals surface area contributed by atoms with E-state index in [0.29, 0.717) is 17.3 Å². The highest BCUT2D eigenvalue weighted by molar-refractivity contribution is 6.02. The van der Waals surface area contributed by atoms with Crippen molar-refractivity contribution in [1.82, 2.24) is 10.2 Å². The number of carbonyl (C=O) groups excluding carboxylic acids is 1. The third-order valence-corrected chi connectivity index (χ3v) is 3.59. The molecule has 0 saturated carbocycles. The number of aliphatic hydroxyl groups is 1. The van der Waals surface area contributed by atoms with E-state index in [-0.39, 0.29) is 18.1 Å². The summed E-state index contributed by atoms with van der Waals surface area (Å²) < 4.78 is 5.21. The maximum atomic E-state index is 12.1. The third-order valence-electron chi connectivity index (χ3n) is 3.59. The number of carbonyl (C=O) groups is 1. The van der Waals surface area contributed by atoms with Crippen molar-refractivity contribution in [3.8, 4) is 0 Å². The topological polar surface area (TPSA) is 100 Å². The van der Waals surface area contributed by atoms with E-state index in [1.54, 1.807) is 43.3 Å². The van der Waals surface area contributed by atoms with Gasteiger partial charge in [-0.1, -0.05) is 18.2 Å². The molecule has 25 heavy (non-hydrogen) atoms. The molecule has 7 heteroatoms. The number of aromatic nitrogens is 2. The summed E-state index contributed by atoms with van der Waals surface area (Å²) >= 11 is 0. The van der Waals surface area contributed by atoms with Crippen LogP contribution in [-0.2, 0) is 5.60 Å². The normalized spacial score (nSPS) is 13.0. The maximum absolute atomic E-state index is 12.1. The predicted molar refractivity (Wildman–Crippen MR) is 93.2 cm³/mol. The molecular formula is C18H18N4O3. The molecule has 0 fully saturated rings. The van der Waals surface area contributed by atoms with Crippen molar-refractivity contribution in [3.05, 3.63) is 72.3 Å². The fourth-order valence-electron chi connectivity index (χ4n) is 2.20. The Labute approximate surface area is 144 Å². The Bertz CT molecular complexity index is 815. The minimum absolute atomic E-state index is 0.185. The molecular weight excluding hydrogens is 320 g/mol. The smallest absolute Gasteiger partial charge is 0.276 e. The molecule has 128 valence electrons. The average Bonchev–Trinajstić information content (AvgIpc) is 3.17. The molecule has 3 aromatic rings. The van der Waals surface area contributed by atoms with E-state index in [9.17, 15) is 9.90 Å². The van der Waals surface area contributed by atoms with Crippen LogP contribution in [-0.4, -0.2) is 27.8 Å². The Balaban J connectivity index is 1.59. The van der Waals surface area contributed by atoms with Crippen LogP contribution in [0.5, 0.6) is 0 Å². The highest BCUT2D eigenvalue weighted by atomic mass is 16.4. The summed E-state index contributed by atoms with van der Waals surface area (Å²) in [5.74, 6) is 0.558. The Morgan fingerprint density at radius 3 is 2.56 bits per heavy atom. The number of nitrogens with zero attached hydrogens (tertiary/aromatic N) is 2. The first kappa shape index (κ1) is 16.7. The molecule has 0 saturated heterocycles. The number of para-hydroxylation sites is 1. The molecule has 0 bridgehead atoms. The van der Waals surface area contributed by atoms with E-state index < -0.39 is 5.60 Å². The second-order valence-corrected chi connectivity index (χ2v) is 5.73. The van der Waals surface area contributed by atoms with Crippen LogP contribution in [0.2, 0.25) is 0 Å². The number of furan rings is 1. The van der Waals surface area contributed by atoms with Crippen LogP contribution in [0.4, 0.5) is 11.5 Å². The monoisotopic (exact) mass is 338 g/mol. The van der Waals surface area contributed by atoms with Gasteiger partial charge in [0.25, 0.3) is 5.91 Å². The molecule has 1 amide bonds. The standard InChI is InChI=1S/C18H18N4O3/c1-18(24,15-8-5-11-25-15)12-19-16-10-9-14(21-22-16)17(23)20-13-6-3-2-4-7-13/h2-11,24H,12H2,1H3,(H,19,22)(H,20,23). The molecule has 3 rings (SSSR count). The van der Waals surface area contributed by atoms with Crippen LogP contribution in [0.1, 0.15) is 23.2 Å². The summed E-state index contributed by atoms with van der Waals surface area (Å²) in [5, 5.41) is 24.0. The van der Waals surface area contributed by atoms with E-state index in [4.69, 9.17) is 4.42 Å². The molecule has 0 aliphatic carbocycles. The molecule has 0 spiro atoms. The molecule has 2 aromatic heterocycles. The minimum atomic E-state index is -1.19. The van der Waals surface area contributed by atoms with Gasteiger partial charge in [0.15, 0.2) is 5.69 Å². The number of hydrogen-bond donors (Lipinski definition) is 3. The highest BCUT2D eigenvalue weighted by Gasteiger charge is 2.26. The fourth-order valence-corrected chi connectivity index (χ4v) is 2.20. The average molecular weight is 338 g/mol. The van der Waals surface area contributed by atoms with E-state index in [0.717, 1.165) is 0 Å². The zero-order valence-electron chi connectivity index (χ0n) is 13.6. The van der Waals surface area contributed by atoms with Crippen molar-refractivity contribution in [2.75, 3.05) is 17.2 Å². The molecule has 1 unspecified atom stereocenters. The first-order chi connectivity index (χ1) is 12.0. The van der Waals surface area contributed by atoms with Crippen molar-refractivity contribution < 1.29 is 14.3 Å². The number of hydrogen-bond acceptors (Lipinski definition) is 6. The van der Waals surface area contributed by atoms with Crippen LogP contribution < -0.4 is 10.6 Å². The van der Waals surface area contributed by atoms with Gasteiger partial charge in [0.05, 0.1) is 12.8 Å². The Kier molecular flexibility index (Phi) is 4.76. The predicted octanol–water partition coefficient (Wildman–Crippen LogP) is 2.64. The summed E-state index contributed by atoms with van der Waals surface area (Å²) in [6.45, 7) is 1.82. The lowest BCUT2D eigenvalue weighted by Gasteiger charge is -2.21. The van der Waals surface area contributed by atoms with Crippen LogP contribution in [0.3, 0.4) is 0 Å². The van der Waals surface area contributed by atoms with Crippen molar-refractivity contribution >= 4 is 17.4 Å². The summed E-state index contributed by atoms with van der Waals surface area (Å²) in [7, 11) is 0. The van der Waals surface area contributed by atoms with E-state index in [1.165, 1.54) is 6.26 Å². The van der Waals surface area contributed by atoms with Crippen molar-refractivity contribution in [2.45, 2.75) is 12.5 Å². The Morgan fingerprint density at radius 2 is 1.92 bits per heavy atom. The first-order valence-corrected chi connectivity index (χ1v) is 7.75. The van der Waals surface area contributed by atoms with Crippen LogP contribution in [0, 0.1) is 0 Å². The number of rotatable bonds is 6. The van der Waals surface area contributed by atoms with Crippen molar-refractivity contribution in [2.24, 2.45) is 0 Å². The van der Waals surface area contributed by atoms with Gasteiger partial charge in [-0.25, -0.2) is 0 Å². The van der Waals surface area contributed by atoms with Gasteiger partial charge in [-0.15, -0.1) is 10.2 Å². The zero-order chi connectivity index (χ0) is 17.7. The number of benzene rings is 1. The quantitative estimate of drug-likeness (QED) is 0.639. The maximum Gasteiger partial charge on any atom is 0.276 e. The summed E-state index contributed by atoms with van der Waals surface area (Å²) in [5.41, 5.74) is -0.299. The largest absolute Gasteiger partial charge is 0.466 e. The second kappa shape index (κ2) is 7.14. The van der Waals surface area contributed by atoms with Gasteiger partial charge >= 0.3 is 0 Å². The minimum Gasteiger partial charge on any atom is -0.466 e. The number of nitrogens with one attached hydrogen (secondary N) is 2. The van der Waals surface area contributed by atoms with Gasteiger partial charge in [0, 0.05) is 5.69 Å². The summed E-state index contributed by atoms with van der Waals surface area (Å²) in [6.07, 6.45) is 1.50. The Hall–Kier alpha value is -3.19. The summed E-state index contributed by atoms with van der Waals surface area (Å²) in [4.78, 5) is 12.1. The lowest BCUT2D eigenvalue weighted by atomic mass is 10.0. The van der Waals surface area contributed by atoms with Gasteiger partial charge in [-0.2, -0.15) is 0 Å². The Morgan fingerprint density at radius 1 is 1.12 bits per heavy atom. The molecule has 0 aliphatic rings. The lowest BCUT2D eigenvalue weighted by molar-refractivity contribution is 0.0475. The van der Waals surface area contributed by atoms with Gasteiger partial charge in [-0.05, 0) is 43.3 Å². The number of amides is 1. The van der Waals surface area contributed by atoms with E-state index in [1.807, 2.05) is 18.2 Å². The van der Waals surface area contributed by atoms with Gasteiger partial charge in [0.1, 0.15) is 17.2 Å². The fraction of sp³-hybridized carbons (Fsp3) is 0.167. The molecule has 0 aliphatic heterocycles.